The van der Waals surface area contributed by atoms with Gasteiger partial charge in [-0.25, -0.2) is 0 Å². The summed E-state index contributed by atoms with van der Waals surface area (Å²) in [7, 11) is 0. The Morgan fingerprint density at radius 1 is 0.750 bits per heavy atom. The highest BCUT2D eigenvalue weighted by atomic mass is 14.7. The maximum atomic E-state index is 3.52. The molecule has 1 aliphatic rings. The van der Waals surface area contributed by atoms with Crippen molar-refractivity contribution >= 4 is 38.7 Å². The predicted octanol–water partition coefficient (Wildman–Crippen LogP) is 5.04. The van der Waals surface area contributed by atoms with E-state index in [9.17, 15) is 0 Å². The van der Waals surface area contributed by atoms with Crippen LogP contribution in [0.1, 0.15) is 11.1 Å². The van der Waals surface area contributed by atoms with Gasteiger partial charge in [0.05, 0.1) is 0 Å². The second kappa shape index (κ2) is 3.51. The Kier molecular flexibility index (Phi) is 1.80. The molecule has 94 valence electrons. The van der Waals surface area contributed by atoms with Gasteiger partial charge in [0.1, 0.15) is 0 Å². The molecule has 0 atom stereocenters. The first kappa shape index (κ1) is 10.3. The first-order valence-electron chi connectivity index (χ1n) is 7.03. The van der Waals surface area contributed by atoms with Crippen LogP contribution in [0.5, 0.6) is 0 Å². The molecule has 1 N–H and O–H groups in total. The van der Waals surface area contributed by atoms with Crippen LogP contribution in [0.4, 0.5) is 0 Å². The Hall–Kier alpha value is -2.54. The zero-order valence-corrected chi connectivity index (χ0v) is 11.0. The third-order valence-corrected chi connectivity index (χ3v) is 4.42. The minimum Gasteiger partial charge on any atom is -0.354 e. The minimum absolute atomic E-state index is 1.07. The third kappa shape index (κ3) is 1.17. The molecule has 20 heavy (non-hydrogen) atoms. The van der Waals surface area contributed by atoms with E-state index in [0.29, 0.717) is 0 Å². The molecule has 0 aliphatic heterocycles. The van der Waals surface area contributed by atoms with E-state index in [1.165, 1.54) is 43.7 Å². The lowest BCUT2D eigenvalue weighted by Gasteiger charge is -2.06. The Balaban J connectivity index is 2.08. The largest absolute Gasteiger partial charge is 0.354 e. The molecule has 3 aromatic carbocycles. The van der Waals surface area contributed by atoms with Gasteiger partial charge in [-0.3, -0.25) is 0 Å². The number of nitrogens with one attached hydrogen (secondary N) is 1. The minimum atomic E-state index is 1.07. The van der Waals surface area contributed by atoms with Crippen molar-refractivity contribution < 1.29 is 0 Å². The molecule has 0 bridgehead atoms. The van der Waals surface area contributed by atoms with Gasteiger partial charge in [0.15, 0.2) is 0 Å². The summed E-state index contributed by atoms with van der Waals surface area (Å²) in [5.41, 5.74) is 5.28. The number of allylic oxidation sites excluding steroid dienone is 1. The topological polar surface area (TPSA) is 15.8 Å². The molecular weight excluding hydrogens is 242 g/mol. The van der Waals surface area contributed by atoms with Crippen LogP contribution >= 0.6 is 0 Å². The molecule has 0 fully saturated rings. The van der Waals surface area contributed by atoms with Gasteiger partial charge in [-0.15, -0.1) is 0 Å². The zero-order valence-electron chi connectivity index (χ0n) is 11.0. The summed E-state index contributed by atoms with van der Waals surface area (Å²) in [6, 6.07) is 17.6. The van der Waals surface area contributed by atoms with Gasteiger partial charge in [-0.1, -0.05) is 48.6 Å². The lowest BCUT2D eigenvalue weighted by Crippen LogP contribution is -1.84. The van der Waals surface area contributed by atoms with Gasteiger partial charge in [0.2, 0.25) is 0 Å². The molecule has 0 unspecified atom stereocenters. The fourth-order valence-corrected chi connectivity index (χ4v) is 3.50. The van der Waals surface area contributed by atoms with Crippen LogP contribution < -0.4 is 0 Å². The summed E-state index contributed by atoms with van der Waals surface area (Å²) in [6.07, 6.45) is 5.58. The summed E-state index contributed by atoms with van der Waals surface area (Å²) in [5, 5.41) is 5.38. The van der Waals surface area contributed by atoms with E-state index in [-0.39, 0.29) is 0 Å². The van der Waals surface area contributed by atoms with Crippen molar-refractivity contribution in [1.29, 1.82) is 0 Å². The number of benzene rings is 3. The summed E-state index contributed by atoms with van der Waals surface area (Å²) in [4.78, 5) is 3.52. The number of H-pyrrole nitrogens is 1. The van der Waals surface area contributed by atoms with E-state index < -0.39 is 0 Å². The molecule has 1 heterocycles. The average Bonchev–Trinajstić information content (AvgIpc) is 3.10. The molecule has 0 saturated heterocycles. The maximum absolute atomic E-state index is 3.52. The van der Waals surface area contributed by atoms with E-state index in [1.54, 1.807) is 0 Å². The highest BCUT2D eigenvalue weighted by Gasteiger charge is 2.13. The number of hydrogen-bond donors (Lipinski definition) is 1. The van der Waals surface area contributed by atoms with Crippen LogP contribution in [0.3, 0.4) is 0 Å². The number of hydrogen-bond acceptors (Lipinski definition) is 0. The summed E-state index contributed by atoms with van der Waals surface area (Å²) in [6.45, 7) is 0. The Morgan fingerprint density at radius 3 is 2.65 bits per heavy atom. The Labute approximate surface area is 116 Å². The number of fused-ring (bicyclic) bond motifs is 7. The standard InChI is InChI=1S/C19H13N/c1-2-7-17-16(5-1)19-15-9-8-12-4-3-6-13(12)14(15)10-11-18(19)20-17/h1-3,5-11,20H,4H2. The van der Waals surface area contributed by atoms with E-state index in [1.807, 2.05) is 0 Å². The van der Waals surface area contributed by atoms with E-state index in [4.69, 9.17) is 0 Å². The normalized spacial score (nSPS) is 13.6. The molecule has 1 heteroatoms. The van der Waals surface area contributed by atoms with E-state index in [2.05, 4.69) is 65.7 Å². The van der Waals surface area contributed by atoms with Gasteiger partial charge in [0.25, 0.3) is 0 Å². The van der Waals surface area contributed by atoms with Crippen molar-refractivity contribution in [2.45, 2.75) is 6.42 Å². The van der Waals surface area contributed by atoms with Crippen molar-refractivity contribution in [3.05, 3.63) is 65.7 Å². The summed E-state index contributed by atoms with van der Waals surface area (Å²) < 4.78 is 0. The highest BCUT2D eigenvalue weighted by Crippen LogP contribution is 2.36. The number of para-hydroxylation sites is 1. The van der Waals surface area contributed by atoms with Crippen LogP contribution in [0.15, 0.2) is 54.6 Å². The van der Waals surface area contributed by atoms with Gasteiger partial charge >= 0.3 is 0 Å². The molecule has 0 saturated carbocycles. The molecule has 4 aromatic rings. The number of aromatic amines is 1. The Morgan fingerprint density at radius 2 is 1.65 bits per heavy atom. The second-order valence-corrected chi connectivity index (χ2v) is 5.50. The first-order chi connectivity index (χ1) is 9.92. The van der Waals surface area contributed by atoms with Crippen LogP contribution in [-0.4, -0.2) is 4.98 Å². The molecule has 5 rings (SSSR count). The molecule has 1 aromatic heterocycles. The monoisotopic (exact) mass is 255 g/mol. The van der Waals surface area contributed by atoms with Crippen molar-refractivity contribution in [3.63, 3.8) is 0 Å². The number of rotatable bonds is 0. The average molecular weight is 255 g/mol. The fraction of sp³-hybridized carbons (Fsp3) is 0.0526. The third-order valence-electron chi connectivity index (χ3n) is 4.42. The molecule has 0 radical (unpaired) electrons. The molecule has 1 aliphatic carbocycles. The van der Waals surface area contributed by atoms with Gasteiger partial charge in [0, 0.05) is 21.8 Å². The SMILES string of the molecule is C1=Cc2c(ccc3c2ccc2[nH]c4ccccc4c23)C1. The predicted molar refractivity (Wildman–Crippen MR) is 86.0 cm³/mol. The Bertz CT molecular complexity index is 1020. The summed E-state index contributed by atoms with van der Waals surface area (Å²) >= 11 is 0. The van der Waals surface area contributed by atoms with Crippen molar-refractivity contribution in [3.8, 4) is 0 Å². The quantitative estimate of drug-likeness (QED) is 0.453. The fourth-order valence-electron chi connectivity index (χ4n) is 3.50. The molecular formula is C19H13N. The van der Waals surface area contributed by atoms with Gasteiger partial charge < -0.3 is 4.98 Å². The van der Waals surface area contributed by atoms with E-state index >= 15 is 0 Å². The highest BCUT2D eigenvalue weighted by molar-refractivity contribution is 6.21. The van der Waals surface area contributed by atoms with Crippen LogP contribution in [0.2, 0.25) is 0 Å². The lowest BCUT2D eigenvalue weighted by atomic mass is 9.97. The molecule has 0 spiro atoms. The molecule has 1 nitrogen and oxygen atoms in total. The molecule has 0 amide bonds. The van der Waals surface area contributed by atoms with Crippen LogP contribution in [0.25, 0.3) is 38.7 Å². The lowest BCUT2D eigenvalue weighted by molar-refractivity contribution is 1.32. The van der Waals surface area contributed by atoms with Crippen molar-refractivity contribution in [1.82, 2.24) is 4.98 Å². The zero-order chi connectivity index (χ0) is 13.1. The van der Waals surface area contributed by atoms with Crippen LogP contribution in [0, 0.1) is 0 Å². The second-order valence-electron chi connectivity index (χ2n) is 5.50. The number of aromatic nitrogens is 1. The van der Waals surface area contributed by atoms with E-state index in [0.717, 1.165) is 6.42 Å². The maximum Gasteiger partial charge on any atom is 0.0471 e. The smallest absolute Gasteiger partial charge is 0.0471 e. The van der Waals surface area contributed by atoms with Crippen molar-refractivity contribution in [2.75, 3.05) is 0 Å². The van der Waals surface area contributed by atoms with Crippen LogP contribution in [-0.2, 0) is 6.42 Å². The summed E-state index contributed by atoms with van der Waals surface area (Å²) in [5.74, 6) is 0. The first-order valence-corrected chi connectivity index (χ1v) is 7.03. The van der Waals surface area contributed by atoms with Crippen molar-refractivity contribution in [2.24, 2.45) is 0 Å². The van der Waals surface area contributed by atoms with Gasteiger partial charge in [-0.05, 0) is 40.5 Å². The van der Waals surface area contributed by atoms with Gasteiger partial charge in [-0.2, -0.15) is 0 Å².